The largest absolute Gasteiger partial charge is 0.382 e. The molecule has 0 spiro atoms. The molecule has 0 aliphatic carbocycles. The van der Waals surface area contributed by atoms with Crippen LogP contribution in [0.15, 0.2) is 36.5 Å². The van der Waals surface area contributed by atoms with Gasteiger partial charge in [0.25, 0.3) is 0 Å². The molecule has 3 N–H and O–H groups in total. The first-order valence-corrected chi connectivity index (χ1v) is 7.63. The van der Waals surface area contributed by atoms with Crippen LogP contribution in [0, 0.1) is 11.3 Å². The molecule has 2 aromatic rings. The Morgan fingerprint density at radius 1 is 1.26 bits per heavy atom. The molecule has 23 heavy (non-hydrogen) atoms. The highest BCUT2D eigenvalue weighted by Gasteiger charge is 2.34. The van der Waals surface area contributed by atoms with Gasteiger partial charge in [-0.05, 0) is 18.4 Å². The van der Waals surface area contributed by atoms with Crippen molar-refractivity contribution in [1.82, 2.24) is 9.97 Å². The second kappa shape index (κ2) is 6.63. The lowest BCUT2D eigenvalue weighted by Gasteiger charge is -2.38. The number of hydrogen-bond donors (Lipinski definition) is 2. The number of hydrogen-bond acceptors (Lipinski definition) is 6. The van der Waals surface area contributed by atoms with Gasteiger partial charge >= 0.3 is 0 Å². The number of nitrogens with zero attached hydrogens (tertiary/aromatic N) is 3. The van der Waals surface area contributed by atoms with E-state index < -0.39 is 0 Å². The third-order valence-corrected chi connectivity index (χ3v) is 4.36. The van der Waals surface area contributed by atoms with E-state index in [0.29, 0.717) is 18.1 Å². The minimum Gasteiger partial charge on any atom is -0.382 e. The predicted molar refractivity (Wildman–Crippen MR) is 87.8 cm³/mol. The van der Waals surface area contributed by atoms with E-state index in [1.54, 1.807) is 0 Å². The summed E-state index contributed by atoms with van der Waals surface area (Å²) in [4.78, 5) is 8.32. The van der Waals surface area contributed by atoms with E-state index in [0.717, 1.165) is 26.1 Å². The zero-order valence-corrected chi connectivity index (χ0v) is 12.8. The van der Waals surface area contributed by atoms with Crippen molar-refractivity contribution in [2.24, 2.45) is 0 Å². The summed E-state index contributed by atoms with van der Waals surface area (Å²) >= 11 is 0. The van der Waals surface area contributed by atoms with Crippen LogP contribution >= 0.6 is 0 Å². The number of nitriles is 1. The first kappa shape index (κ1) is 15.3. The topological polar surface area (TPSA) is 96.8 Å². The summed E-state index contributed by atoms with van der Waals surface area (Å²) in [7, 11) is 0. The molecule has 0 amide bonds. The van der Waals surface area contributed by atoms with E-state index in [1.165, 1.54) is 11.8 Å². The maximum absolute atomic E-state index is 8.89. The Labute approximate surface area is 135 Å². The summed E-state index contributed by atoms with van der Waals surface area (Å²) < 4.78 is 5.53. The Balaban J connectivity index is 1.80. The van der Waals surface area contributed by atoms with Crippen molar-refractivity contribution in [1.29, 1.82) is 5.26 Å². The lowest BCUT2D eigenvalue weighted by Crippen LogP contribution is -2.40. The molecular weight excluding hydrogens is 290 g/mol. The number of benzene rings is 1. The molecule has 1 saturated heterocycles. The smallest absolute Gasteiger partial charge is 0.224 e. The fourth-order valence-corrected chi connectivity index (χ4v) is 2.94. The van der Waals surface area contributed by atoms with Crippen LogP contribution in [0.4, 0.5) is 11.8 Å². The molecule has 1 aliphatic heterocycles. The molecular formula is C17H19N5O. The van der Waals surface area contributed by atoms with Gasteiger partial charge in [0.1, 0.15) is 17.5 Å². The van der Waals surface area contributed by atoms with Crippen LogP contribution in [0.2, 0.25) is 0 Å². The van der Waals surface area contributed by atoms with Crippen LogP contribution in [0.3, 0.4) is 0 Å². The average Bonchev–Trinajstić information content (AvgIpc) is 2.62. The molecule has 3 rings (SSSR count). The minimum atomic E-state index is -0.00840. The highest BCUT2D eigenvalue weighted by atomic mass is 16.5. The van der Waals surface area contributed by atoms with Crippen molar-refractivity contribution in [3.8, 4) is 6.07 Å². The van der Waals surface area contributed by atoms with Gasteiger partial charge < -0.3 is 15.8 Å². The van der Waals surface area contributed by atoms with E-state index in [-0.39, 0.29) is 11.2 Å². The molecule has 6 nitrogen and oxygen atoms in total. The third kappa shape index (κ3) is 3.25. The first-order chi connectivity index (χ1) is 11.2. The maximum atomic E-state index is 8.89. The number of nitrogens with two attached hydrogens (primary N) is 1. The first-order valence-electron chi connectivity index (χ1n) is 7.63. The molecule has 1 aliphatic rings. The van der Waals surface area contributed by atoms with E-state index in [9.17, 15) is 0 Å². The van der Waals surface area contributed by atoms with Gasteiger partial charge in [-0.3, -0.25) is 0 Å². The van der Waals surface area contributed by atoms with E-state index >= 15 is 0 Å². The van der Waals surface area contributed by atoms with Crippen molar-refractivity contribution in [3.05, 3.63) is 47.7 Å². The highest BCUT2D eigenvalue weighted by molar-refractivity contribution is 5.49. The standard InChI is InChI=1S/C17H19N5O/c18-10-13-11-20-16(22-15(13)19)21-12-17(6-8-23-9-7-17)14-4-2-1-3-5-14/h1-5,11H,6-9,12H2,(H3,19,20,21,22). The summed E-state index contributed by atoms with van der Waals surface area (Å²) in [6, 6.07) is 12.4. The molecule has 1 aromatic carbocycles. The number of ether oxygens (including phenoxy) is 1. The molecule has 6 heteroatoms. The second-order valence-corrected chi connectivity index (χ2v) is 5.72. The number of rotatable bonds is 4. The maximum Gasteiger partial charge on any atom is 0.224 e. The lowest BCUT2D eigenvalue weighted by atomic mass is 9.74. The summed E-state index contributed by atoms with van der Waals surface area (Å²) in [5, 5.41) is 12.2. The molecule has 1 aromatic heterocycles. The van der Waals surface area contributed by atoms with E-state index in [1.807, 2.05) is 12.1 Å². The molecule has 0 saturated carbocycles. The van der Waals surface area contributed by atoms with Crippen LogP contribution in [-0.2, 0) is 10.2 Å². The van der Waals surface area contributed by atoms with Gasteiger partial charge in [0, 0.05) is 25.2 Å². The molecule has 0 radical (unpaired) electrons. The fourth-order valence-electron chi connectivity index (χ4n) is 2.94. The quantitative estimate of drug-likeness (QED) is 0.897. The summed E-state index contributed by atoms with van der Waals surface area (Å²) in [6.07, 6.45) is 3.33. The summed E-state index contributed by atoms with van der Waals surface area (Å²) in [5.74, 6) is 0.647. The van der Waals surface area contributed by atoms with Crippen LogP contribution in [0.25, 0.3) is 0 Å². The number of anilines is 2. The van der Waals surface area contributed by atoms with Gasteiger partial charge in [-0.1, -0.05) is 30.3 Å². The summed E-state index contributed by atoms with van der Waals surface area (Å²) in [6.45, 7) is 2.19. The average molecular weight is 309 g/mol. The third-order valence-electron chi connectivity index (χ3n) is 4.36. The second-order valence-electron chi connectivity index (χ2n) is 5.72. The molecule has 0 atom stereocenters. The van der Waals surface area contributed by atoms with Crippen LogP contribution in [-0.4, -0.2) is 29.7 Å². The van der Waals surface area contributed by atoms with Gasteiger partial charge in [0.05, 0.1) is 6.20 Å². The van der Waals surface area contributed by atoms with E-state index in [2.05, 4.69) is 39.6 Å². The van der Waals surface area contributed by atoms with Gasteiger partial charge in [0.15, 0.2) is 0 Å². The normalized spacial score (nSPS) is 16.5. The fraction of sp³-hybridized carbons (Fsp3) is 0.353. The van der Waals surface area contributed by atoms with Crippen LogP contribution in [0.5, 0.6) is 0 Å². The Morgan fingerprint density at radius 3 is 2.65 bits per heavy atom. The molecule has 0 bridgehead atoms. The van der Waals surface area contributed by atoms with Crippen molar-refractivity contribution >= 4 is 11.8 Å². The van der Waals surface area contributed by atoms with Crippen molar-refractivity contribution in [2.45, 2.75) is 18.3 Å². The monoisotopic (exact) mass is 309 g/mol. The highest BCUT2D eigenvalue weighted by Crippen LogP contribution is 2.34. The van der Waals surface area contributed by atoms with Crippen molar-refractivity contribution in [2.75, 3.05) is 30.8 Å². The molecule has 2 heterocycles. The van der Waals surface area contributed by atoms with Crippen molar-refractivity contribution < 1.29 is 4.74 Å². The van der Waals surface area contributed by atoms with Gasteiger partial charge in [-0.15, -0.1) is 0 Å². The van der Waals surface area contributed by atoms with Gasteiger partial charge in [0.2, 0.25) is 5.95 Å². The van der Waals surface area contributed by atoms with Gasteiger partial charge in [-0.25, -0.2) is 4.98 Å². The SMILES string of the molecule is N#Cc1cnc(NCC2(c3ccccc3)CCOCC2)nc1N. The predicted octanol–water partition coefficient (Wildman–Crippen LogP) is 2.09. The Bertz CT molecular complexity index is 705. The Morgan fingerprint density at radius 2 is 2.00 bits per heavy atom. The minimum absolute atomic E-state index is 0.00840. The Kier molecular flexibility index (Phi) is 4.40. The lowest BCUT2D eigenvalue weighted by molar-refractivity contribution is 0.0543. The van der Waals surface area contributed by atoms with Gasteiger partial charge in [-0.2, -0.15) is 10.2 Å². The number of nitrogen functional groups attached to an aromatic ring is 1. The number of nitrogens with one attached hydrogen (secondary N) is 1. The zero-order valence-electron chi connectivity index (χ0n) is 12.8. The number of aromatic nitrogens is 2. The van der Waals surface area contributed by atoms with E-state index in [4.69, 9.17) is 15.7 Å². The molecule has 0 unspecified atom stereocenters. The van der Waals surface area contributed by atoms with Crippen molar-refractivity contribution in [3.63, 3.8) is 0 Å². The summed E-state index contributed by atoms with van der Waals surface area (Å²) in [5.41, 5.74) is 7.32. The Hall–Kier alpha value is -2.65. The molecule has 1 fully saturated rings. The molecule has 118 valence electrons. The van der Waals surface area contributed by atoms with Crippen LogP contribution in [0.1, 0.15) is 24.0 Å². The zero-order chi connectivity index (χ0) is 16.1. The van der Waals surface area contributed by atoms with Crippen LogP contribution < -0.4 is 11.1 Å².